The highest BCUT2D eigenvalue weighted by molar-refractivity contribution is 6.29. The lowest BCUT2D eigenvalue weighted by atomic mass is 10.1. The van der Waals surface area contributed by atoms with Gasteiger partial charge < -0.3 is 16.0 Å². The lowest BCUT2D eigenvalue weighted by Gasteiger charge is -2.13. The Morgan fingerprint density at radius 3 is 1.71 bits per heavy atom. The Hall–Kier alpha value is -4.40. The second-order valence-corrected chi connectivity index (χ2v) is 7.67. The molecule has 35 heavy (non-hydrogen) atoms. The third-order valence-corrected chi connectivity index (χ3v) is 4.99. The lowest BCUT2D eigenvalue weighted by Crippen LogP contribution is -2.29. The molecule has 6 nitrogen and oxygen atoms in total. The Kier molecular flexibility index (Phi) is 7.70. The van der Waals surface area contributed by atoms with Crippen molar-refractivity contribution in [2.45, 2.75) is 20.0 Å². The Bertz CT molecular complexity index is 1240. The summed E-state index contributed by atoms with van der Waals surface area (Å²) < 4.78 is 37.8. The minimum atomic E-state index is -5.06. The zero-order valence-corrected chi connectivity index (χ0v) is 18.9. The molecule has 0 aliphatic rings. The quantitative estimate of drug-likeness (QED) is 0.248. The minimum Gasteiger partial charge on any atom is -0.322 e. The second kappa shape index (κ2) is 10.7. The van der Waals surface area contributed by atoms with Crippen molar-refractivity contribution in [2.24, 2.45) is 0 Å². The number of aryl methyl sites for hydroxylation is 2. The van der Waals surface area contributed by atoms with Crippen LogP contribution >= 0.6 is 0 Å². The minimum absolute atomic E-state index is 0.140. The van der Waals surface area contributed by atoms with E-state index in [0.29, 0.717) is 11.4 Å². The highest BCUT2D eigenvalue weighted by Gasteiger charge is 2.38. The van der Waals surface area contributed by atoms with Crippen LogP contribution in [0.1, 0.15) is 16.7 Å². The van der Waals surface area contributed by atoms with Crippen LogP contribution in [0, 0.1) is 13.8 Å². The molecule has 0 saturated carbocycles. The van der Waals surface area contributed by atoms with Crippen LogP contribution in [-0.4, -0.2) is 23.9 Å². The molecule has 0 aromatic heterocycles. The third kappa shape index (κ3) is 6.80. The molecule has 0 unspecified atom stereocenters. The summed E-state index contributed by atoms with van der Waals surface area (Å²) in [4.78, 5) is 37.5. The van der Waals surface area contributed by atoms with Gasteiger partial charge in [-0.1, -0.05) is 48.5 Å². The number of rotatable bonds is 6. The van der Waals surface area contributed by atoms with Crippen molar-refractivity contribution in [3.8, 4) is 0 Å². The Balaban J connectivity index is 1.96. The normalized spacial score (nSPS) is 10.8. The molecule has 0 spiro atoms. The summed E-state index contributed by atoms with van der Waals surface area (Å²) in [5.41, 5.74) is 2.36. The molecule has 3 aromatic carbocycles. The Morgan fingerprint density at radius 2 is 1.23 bits per heavy atom. The first-order chi connectivity index (χ1) is 16.5. The molecule has 3 N–H and O–H groups in total. The molecule has 0 saturated heterocycles. The Morgan fingerprint density at radius 1 is 0.714 bits per heavy atom. The van der Waals surface area contributed by atoms with E-state index < -0.39 is 23.9 Å². The maximum Gasteiger partial charge on any atom is 0.471 e. The van der Waals surface area contributed by atoms with Gasteiger partial charge in [0, 0.05) is 17.1 Å². The van der Waals surface area contributed by atoms with Gasteiger partial charge in [-0.25, -0.2) is 0 Å². The monoisotopic (exact) mass is 481 g/mol. The predicted octanol–water partition coefficient (Wildman–Crippen LogP) is 5.47. The highest BCUT2D eigenvalue weighted by Crippen LogP contribution is 2.22. The van der Waals surface area contributed by atoms with Crippen molar-refractivity contribution >= 4 is 40.9 Å². The van der Waals surface area contributed by atoms with Crippen LogP contribution < -0.4 is 16.0 Å². The molecule has 0 aliphatic heterocycles. The molecule has 9 heteroatoms. The summed E-state index contributed by atoms with van der Waals surface area (Å²) in [6.07, 6.45) is -3.82. The molecular weight excluding hydrogens is 459 g/mol. The molecule has 3 rings (SSSR count). The smallest absolute Gasteiger partial charge is 0.322 e. The van der Waals surface area contributed by atoms with E-state index in [1.807, 2.05) is 0 Å². The summed E-state index contributed by atoms with van der Waals surface area (Å²) in [6.45, 7) is 3.58. The van der Waals surface area contributed by atoms with Crippen LogP contribution in [0.4, 0.5) is 30.2 Å². The number of amides is 3. The third-order valence-electron chi connectivity index (χ3n) is 4.99. The van der Waals surface area contributed by atoms with Crippen LogP contribution in [0.15, 0.2) is 78.4 Å². The average Bonchev–Trinajstić information content (AvgIpc) is 2.80. The number of alkyl halides is 3. The van der Waals surface area contributed by atoms with Gasteiger partial charge in [-0.3, -0.25) is 14.4 Å². The molecule has 180 valence electrons. The number of halogens is 3. The maximum absolute atomic E-state index is 13.1. The first-order valence-corrected chi connectivity index (χ1v) is 10.5. The molecule has 3 aromatic rings. The van der Waals surface area contributed by atoms with E-state index in [0.717, 1.165) is 11.1 Å². The van der Waals surface area contributed by atoms with Gasteiger partial charge in [0.25, 0.3) is 11.8 Å². The van der Waals surface area contributed by atoms with Crippen molar-refractivity contribution in [2.75, 3.05) is 16.0 Å². The number of carbonyl (C=O) groups excluding carboxylic acids is 3. The topological polar surface area (TPSA) is 87.3 Å². The van der Waals surface area contributed by atoms with Gasteiger partial charge in [-0.15, -0.1) is 0 Å². The van der Waals surface area contributed by atoms with Gasteiger partial charge in [0.05, 0.1) is 0 Å². The summed E-state index contributed by atoms with van der Waals surface area (Å²) in [6, 6.07) is 19.4. The number of nitrogens with one attached hydrogen (secondary N) is 3. The van der Waals surface area contributed by atoms with Crippen molar-refractivity contribution in [1.29, 1.82) is 0 Å². The Labute approximate surface area is 199 Å². The molecule has 0 aliphatic carbocycles. The zero-order chi connectivity index (χ0) is 25.6. The SMILES string of the molecule is Cc1ccccc1NC(=O)C(=Cc1cccc(NC(=O)C(F)(F)F)c1)C(=O)Nc1ccccc1C. The van der Waals surface area contributed by atoms with Crippen LogP contribution in [0.5, 0.6) is 0 Å². The van der Waals surface area contributed by atoms with Crippen LogP contribution in [0.3, 0.4) is 0 Å². The summed E-state index contributed by atoms with van der Waals surface area (Å²) >= 11 is 0. The van der Waals surface area contributed by atoms with Gasteiger partial charge in [-0.05, 0) is 60.9 Å². The highest BCUT2D eigenvalue weighted by atomic mass is 19.4. The second-order valence-electron chi connectivity index (χ2n) is 7.67. The van der Waals surface area contributed by atoms with Crippen LogP contribution in [-0.2, 0) is 14.4 Å². The van der Waals surface area contributed by atoms with Crippen LogP contribution in [0.25, 0.3) is 6.08 Å². The van der Waals surface area contributed by atoms with Gasteiger partial charge in [-0.2, -0.15) is 13.2 Å². The first kappa shape index (κ1) is 25.2. The van der Waals surface area contributed by atoms with Crippen LogP contribution in [0.2, 0.25) is 0 Å². The number of para-hydroxylation sites is 2. The van der Waals surface area contributed by atoms with E-state index in [2.05, 4.69) is 10.6 Å². The molecule has 0 heterocycles. The molecule has 3 amide bonds. The zero-order valence-electron chi connectivity index (χ0n) is 18.9. The molecule has 0 fully saturated rings. The van der Waals surface area contributed by atoms with E-state index in [-0.39, 0.29) is 16.8 Å². The number of benzene rings is 3. The van der Waals surface area contributed by atoms with Crippen molar-refractivity contribution in [3.63, 3.8) is 0 Å². The number of anilines is 3. The number of carbonyl (C=O) groups is 3. The van der Waals surface area contributed by atoms with E-state index in [9.17, 15) is 27.6 Å². The maximum atomic E-state index is 13.1. The van der Waals surface area contributed by atoms with Gasteiger partial charge in [0.1, 0.15) is 5.57 Å². The fourth-order valence-electron chi connectivity index (χ4n) is 3.11. The largest absolute Gasteiger partial charge is 0.471 e. The molecular formula is C26H22F3N3O3. The predicted molar refractivity (Wildman–Crippen MR) is 129 cm³/mol. The molecule has 0 radical (unpaired) electrons. The summed E-state index contributed by atoms with van der Waals surface area (Å²) in [7, 11) is 0. The summed E-state index contributed by atoms with van der Waals surface area (Å²) in [5.74, 6) is -3.56. The first-order valence-electron chi connectivity index (χ1n) is 10.5. The fraction of sp³-hybridized carbons (Fsp3) is 0.115. The van der Waals surface area contributed by atoms with Gasteiger partial charge >= 0.3 is 12.1 Å². The summed E-state index contributed by atoms with van der Waals surface area (Å²) in [5, 5.41) is 7.14. The van der Waals surface area contributed by atoms with Gasteiger partial charge in [0.2, 0.25) is 0 Å². The van der Waals surface area contributed by atoms with E-state index in [1.165, 1.54) is 30.3 Å². The average molecular weight is 481 g/mol. The van der Waals surface area contributed by atoms with Gasteiger partial charge in [0.15, 0.2) is 0 Å². The van der Waals surface area contributed by atoms with E-state index >= 15 is 0 Å². The standard InChI is InChI=1S/C26H22F3N3O3/c1-16-8-3-5-12-21(16)31-23(33)20(24(34)32-22-13-6-4-9-17(22)2)15-18-10-7-11-19(14-18)30-25(35)26(27,28)29/h3-15H,1-2H3,(H,30,35)(H,31,33)(H,32,34). The fourth-order valence-corrected chi connectivity index (χ4v) is 3.11. The lowest BCUT2D eigenvalue weighted by molar-refractivity contribution is -0.167. The molecule has 0 atom stereocenters. The molecule has 0 bridgehead atoms. The number of hydrogen-bond acceptors (Lipinski definition) is 3. The van der Waals surface area contributed by atoms with Crippen molar-refractivity contribution < 1.29 is 27.6 Å². The van der Waals surface area contributed by atoms with Crippen molar-refractivity contribution in [1.82, 2.24) is 0 Å². The number of hydrogen-bond donors (Lipinski definition) is 3. The van der Waals surface area contributed by atoms with Crippen molar-refractivity contribution in [3.05, 3.63) is 95.1 Å². The van der Waals surface area contributed by atoms with E-state index in [4.69, 9.17) is 0 Å². The van der Waals surface area contributed by atoms with E-state index in [1.54, 1.807) is 67.7 Å².